The van der Waals surface area contributed by atoms with Crippen molar-refractivity contribution in [1.82, 2.24) is 15.0 Å². The number of hydrogen-bond acceptors (Lipinski definition) is 7. The Kier molecular flexibility index (Phi) is 9.95. The molecule has 5 atom stereocenters. The average molecular weight is 614 g/mol. The molecule has 1 unspecified atom stereocenters. The van der Waals surface area contributed by atoms with E-state index in [1.807, 2.05) is 72.5 Å². The maximum atomic E-state index is 12.7. The van der Waals surface area contributed by atoms with E-state index in [4.69, 9.17) is 10.5 Å². The summed E-state index contributed by atoms with van der Waals surface area (Å²) in [4.78, 5) is 24.0. The first-order chi connectivity index (χ1) is 21.1. The van der Waals surface area contributed by atoms with Crippen LogP contribution in [-0.2, 0) is 17.7 Å². The molecule has 4 aromatic rings. The number of anilines is 2. The van der Waals surface area contributed by atoms with Crippen molar-refractivity contribution in [1.29, 1.82) is 0 Å². The van der Waals surface area contributed by atoms with Crippen molar-refractivity contribution < 1.29 is 19.4 Å². The Morgan fingerprint density at radius 3 is 2.50 bits per heavy atom. The first-order valence-corrected chi connectivity index (χ1v) is 18.3. The van der Waals surface area contributed by atoms with E-state index >= 15 is 0 Å². The maximum absolute atomic E-state index is 12.7. The number of aromatic nitrogens is 3. The predicted octanol–water partition coefficient (Wildman–Crippen LogP) is 5.23. The third-order valence-corrected chi connectivity index (χ3v) is 11.3. The minimum absolute atomic E-state index is 0.0140. The van der Waals surface area contributed by atoms with Crippen LogP contribution >= 0.6 is 0 Å². The molecule has 44 heavy (non-hydrogen) atoms. The summed E-state index contributed by atoms with van der Waals surface area (Å²) in [5, 5.41) is 21.7. The number of rotatable bonds is 12. The number of nitrogens with zero attached hydrogens (tertiary/aromatic N) is 3. The second-order valence-corrected chi connectivity index (χ2v) is 16.4. The number of aliphatic hydroxyl groups is 1. The topological polar surface area (TPSA) is 136 Å². The summed E-state index contributed by atoms with van der Waals surface area (Å²) in [6.07, 6.45) is 4.16. The summed E-state index contributed by atoms with van der Waals surface area (Å²) in [5.74, 6) is -0.191. The standard InChI is InChI=1S/C34H43N5O4Si/c1-23-31(17-12-24-8-7-11-28(20-24)36-34(41)26-13-15-27(35)16-14-26)43-32(33(23)44(2,3)42)18-19-39-21-30(37-38-39)29(22-40)25-9-5-4-6-10-25/h4-11,13-16,20-21,23,29,31-33,40,42H,12,17-19,22,35H2,1-3H3,(H,36,41)/t23-,29?,31+,32-,33+/m0/s1. The summed E-state index contributed by atoms with van der Waals surface area (Å²) in [7, 11) is -2.52. The number of aliphatic hydroxyl groups excluding tert-OH is 1. The molecule has 5 N–H and O–H groups in total. The van der Waals surface area contributed by atoms with Gasteiger partial charge in [-0.25, -0.2) is 0 Å². The van der Waals surface area contributed by atoms with Crippen LogP contribution < -0.4 is 11.1 Å². The number of hydrogen-bond donors (Lipinski definition) is 4. The van der Waals surface area contributed by atoms with Crippen LogP contribution in [0.4, 0.5) is 11.4 Å². The molecule has 3 aromatic carbocycles. The molecule has 1 saturated heterocycles. The number of carbonyl (C=O) groups excluding carboxylic acids is 1. The fraction of sp³-hybridized carbons (Fsp3) is 0.382. The van der Waals surface area contributed by atoms with Crippen LogP contribution in [0, 0.1) is 5.92 Å². The summed E-state index contributed by atoms with van der Waals surface area (Å²) in [6, 6.07) is 24.6. The van der Waals surface area contributed by atoms with Crippen LogP contribution in [0.5, 0.6) is 0 Å². The highest BCUT2D eigenvalue weighted by Gasteiger charge is 2.49. The fourth-order valence-corrected chi connectivity index (χ4v) is 9.18. The lowest BCUT2D eigenvalue weighted by atomic mass is 9.95. The number of nitrogens with one attached hydrogen (secondary N) is 1. The molecule has 0 aliphatic carbocycles. The minimum Gasteiger partial charge on any atom is -0.432 e. The number of carbonyl (C=O) groups is 1. The van der Waals surface area contributed by atoms with Crippen LogP contribution in [0.1, 0.15) is 52.9 Å². The van der Waals surface area contributed by atoms with Gasteiger partial charge in [0.25, 0.3) is 5.91 Å². The number of aryl methyl sites for hydroxylation is 2. The van der Waals surface area contributed by atoms with Crippen molar-refractivity contribution in [3.05, 3.63) is 107 Å². The Hall–Kier alpha value is -3.83. The van der Waals surface area contributed by atoms with E-state index in [1.54, 1.807) is 24.3 Å². The van der Waals surface area contributed by atoms with Gasteiger partial charge in [0.05, 0.1) is 30.4 Å². The summed E-state index contributed by atoms with van der Waals surface area (Å²) in [5.41, 5.74) is 10.6. The van der Waals surface area contributed by atoms with E-state index in [9.17, 15) is 14.7 Å². The monoisotopic (exact) mass is 613 g/mol. The second kappa shape index (κ2) is 13.9. The van der Waals surface area contributed by atoms with Crippen molar-refractivity contribution in [3.8, 4) is 0 Å². The number of amides is 1. The van der Waals surface area contributed by atoms with E-state index < -0.39 is 8.32 Å². The van der Waals surface area contributed by atoms with Gasteiger partial charge in [0.1, 0.15) is 0 Å². The Labute approximate surface area is 260 Å². The number of nitrogen functional groups attached to an aromatic ring is 1. The van der Waals surface area contributed by atoms with Gasteiger partial charge in [-0.15, -0.1) is 5.10 Å². The molecule has 5 rings (SSSR count). The van der Waals surface area contributed by atoms with Gasteiger partial charge in [0, 0.05) is 35.2 Å². The molecule has 1 fully saturated rings. The van der Waals surface area contributed by atoms with Crippen LogP contribution in [0.2, 0.25) is 18.6 Å². The third kappa shape index (κ3) is 7.62. The molecule has 1 aromatic heterocycles. The van der Waals surface area contributed by atoms with Crippen LogP contribution in [0.15, 0.2) is 85.1 Å². The van der Waals surface area contributed by atoms with Crippen molar-refractivity contribution in [3.63, 3.8) is 0 Å². The molecule has 1 aliphatic heterocycles. The lowest BCUT2D eigenvalue weighted by Crippen LogP contribution is -2.40. The molecule has 232 valence electrons. The second-order valence-electron chi connectivity index (χ2n) is 12.4. The lowest BCUT2D eigenvalue weighted by molar-refractivity contribution is 0.0245. The predicted molar refractivity (Wildman–Crippen MR) is 175 cm³/mol. The quantitative estimate of drug-likeness (QED) is 0.127. The first-order valence-electron chi connectivity index (χ1n) is 15.3. The number of ether oxygens (including phenoxy) is 1. The van der Waals surface area contributed by atoms with Gasteiger partial charge in [-0.05, 0) is 85.8 Å². The van der Waals surface area contributed by atoms with E-state index in [0.717, 1.165) is 35.3 Å². The molecule has 10 heteroatoms. The lowest BCUT2D eigenvalue weighted by Gasteiger charge is -2.30. The average Bonchev–Trinajstić information content (AvgIpc) is 3.60. The van der Waals surface area contributed by atoms with E-state index in [1.165, 1.54) is 0 Å². The molecular weight excluding hydrogens is 570 g/mol. The highest BCUT2D eigenvalue weighted by atomic mass is 28.4. The molecule has 0 bridgehead atoms. The normalized spacial score (nSPS) is 20.8. The molecule has 0 saturated carbocycles. The van der Waals surface area contributed by atoms with Gasteiger partial charge < -0.3 is 25.7 Å². The van der Waals surface area contributed by atoms with Gasteiger partial charge in [-0.2, -0.15) is 0 Å². The Morgan fingerprint density at radius 2 is 1.80 bits per heavy atom. The van der Waals surface area contributed by atoms with Crippen molar-refractivity contribution in [2.24, 2.45) is 5.92 Å². The SMILES string of the molecule is C[C@@H]1[C@@H]([Si](C)(C)O)[C@H](CCn2cc(C(CO)c3ccccc3)nn2)O[C@@H]1CCc1cccc(NC(=O)c2ccc(N)cc2)c1. The zero-order chi connectivity index (χ0) is 31.3. The summed E-state index contributed by atoms with van der Waals surface area (Å²) >= 11 is 0. The van der Waals surface area contributed by atoms with Gasteiger partial charge in [-0.1, -0.05) is 54.6 Å². The highest BCUT2D eigenvalue weighted by Crippen LogP contribution is 2.45. The molecule has 0 spiro atoms. The smallest absolute Gasteiger partial charge is 0.255 e. The van der Waals surface area contributed by atoms with Gasteiger partial charge >= 0.3 is 0 Å². The zero-order valence-corrected chi connectivity index (χ0v) is 26.6. The Morgan fingerprint density at radius 1 is 1.05 bits per heavy atom. The minimum atomic E-state index is -2.52. The number of nitrogens with two attached hydrogens (primary N) is 1. The van der Waals surface area contributed by atoms with Crippen LogP contribution in [0.3, 0.4) is 0 Å². The molecule has 1 amide bonds. The van der Waals surface area contributed by atoms with E-state index in [-0.39, 0.29) is 42.1 Å². The molecule has 1 aliphatic rings. The molecule has 0 radical (unpaired) electrons. The molecule has 9 nitrogen and oxygen atoms in total. The van der Waals surface area contributed by atoms with Crippen molar-refractivity contribution in [2.45, 2.75) is 69.5 Å². The molecular formula is C34H43N5O4Si. The fourth-order valence-electron chi connectivity index (χ4n) is 6.53. The van der Waals surface area contributed by atoms with Crippen molar-refractivity contribution in [2.75, 3.05) is 17.7 Å². The first kappa shape index (κ1) is 31.6. The van der Waals surface area contributed by atoms with Gasteiger partial charge in [0.2, 0.25) is 0 Å². The summed E-state index contributed by atoms with van der Waals surface area (Å²) < 4.78 is 8.47. The van der Waals surface area contributed by atoms with Gasteiger partial charge in [0.15, 0.2) is 8.32 Å². The van der Waals surface area contributed by atoms with Crippen LogP contribution in [-0.4, -0.2) is 57.9 Å². The zero-order valence-electron chi connectivity index (χ0n) is 25.6. The highest BCUT2D eigenvalue weighted by molar-refractivity contribution is 6.71. The largest absolute Gasteiger partial charge is 0.432 e. The maximum Gasteiger partial charge on any atom is 0.255 e. The van der Waals surface area contributed by atoms with Crippen molar-refractivity contribution >= 4 is 25.6 Å². The van der Waals surface area contributed by atoms with E-state index in [0.29, 0.717) is 24.2 Å². The Balaban J connectivity index is 1.20. The van der Waals surface area contributed by atoms with Gasteiger partial charge in [-0.3, -0.25) is 9.48 Å². The van der Waals surface area contributed by atoms with Crippen LogP contribution in [0.25, 0.3) is 0 Å². The Bertz CT molecular complexity index is 1520. The summed E-state index contributed by atoms with van der Waals surface area (Å²) in [6.45, 7) is 6.76. The number of benzene rings is 3. The third-order valence-electron chi connectivity index (χ3n) is 8.73. The van der Waals surface area contributed by atoms with E-state index in [2.05, 4.69) is 28.6 Å². The molecule has 2 heterocycles.